The van der Waals surface area contributed by atoms with Gasteiger partial charge in [-0.05, 0) is 24.1 Å². The lowest BCUT2D eigenvalue weighted by atomic mass is 10.1. The van der Waals surface area contributed by atoms with Crippen molar-refractivity contribution in [1.82, 2.24) is 5.32 Å². The van der Waals surface area contributed by atoms with Crippen LogP contribution in [0.3, 0.4) is 0 Å². The van der Waals surface area contributed by atoms with Gasteiger partial charge in [-0.2, -0.15) is 0 Å². The second-order valence-corrected chi connectivity index (χ2v) is 3.50. The Balaban J connectivity index is 0.00000256. The van der Waals surface area contributed by atoms with Crippen molar-refractivity contribution >= 4 is 18.3 Å². The third-order valence-corrected chi connectivity index (χ3v) is 2.26. The van der Waals surface area contributed by atoms with E-state index in [4.69, 9.17) is 10.5 Å². The first-order chi connectivity index (χ1) is 7.77. The maximum Gasteiger partial charge on any atom is 0.251 e. The van der Waals surface area contributed by atoms with E-state index < -0.39 is 0 Å². The van der Waals surface area contributed by atoms with Gasteiger partial charge in [-0.3, -0.25) is 4.79 Å². The Labute approximate surface area is 108 Å². The van der Waals surface area contributed by atoms with Gasteiger partial charge >= 0.3 is 0 Å². The highest BCUT2D eigenvalue weighted by molar-refractivity contribution is 5.94. The van der Waals surface area contributed by atoms with Crippen LogP contribution in [0, 0.1) is 0 Å². The molecule has 0 fully saturated rings. The Morgan fingerprint density at radius 2 is 2.00 bits per heavy atom. The highest BCUT2D eigenvalue weighted by Gasteiger charge is 2.03. The standard InChI is InChI=1S/C12H18N2O2.ClH/c1-16-8-2-7-14-12(15)11-5-3-10(9-13)4-6-11;/h3-6H,2,7-9,13H2,1H3,(H,14,15);1H. The number of hydrogen-bond donors (Lipinski definition) is 2. The summed E-state index contributed by atoms with van der Waals surface area (Å²) in [6.45, 7) is 1.79. The number of carbonyl (C=O) groups is 1. The number of methoxy groups -OCH3 is 1. The normalized spacial score (nSPS) is 9.53. The van der Waals surface area contributed by atoms with Crippen LogP contribution in [-0.4, -0.2) is 26.2 Å². The van der Waals surface area contributed by atoms with E-state index >= 15 is 0 Å². The first kappa shape index (κ1) is 15.9. The van der Waals surface area contributed by atoms with Gasteiger partial charge in [-0.15, -0.1) is 12.4 Å². The molecular formula is C12H19ClN2O2. The van der Waals surface area contributed by atoms with Crippen LogP contribution in [0.25, 0.3) is 0 Å². The summed E-state index contributed by atoms with van der Waals surface area (Å²) >= 11 is 0. The van der Waals surface area contributed by atoms with Gasteiger partial charge in [0.15, 0.2) is 0 Å². The lowest BCUT2D eigenvalue weighted by Crippen LogP contribution is -2.25. The predicted molar refractivity (Wildman–Crippen MR) is 70.4 cm³/mol. The van der Waals surface area contributed by atoms with Crippen molar-refractivity contribution in [3.63, 3.8) is 0 Å². The van der Waals surface area contributed by atoms with E-state index in [9.17, 15) is 4.79 Å². The van der Waals surface area contributed by atoms with Crippen LogP contribution in [0.1, 0.15) is 22.3 Å². The number of halogens is 1. The number of ether oxygens (including phenoxy) is 1. The van der Waals surface area contributed by atoms with Crippen molar-refractivity contribution in [3.05, 3.63) is 35.4 Å². The fraction of sp³-hybridized carbons (Fsp3) is 0.417. The molecule has 1 rings (SSSR count). The topological polar surface area (TPSA) is 64.3 Å². The minimum absolute atomic E-state index is 0. The molecular weight excluding hydrogens is 240 g/mol. The fourth-order valence-electron chi connectivity index (χ4n) is 1.31. The first-order valence-corrected chi connectivity index (χ1v) is 5.34. The Bertz CT molecular complexity index is 328. The van der Waals surface area contributed by atoms with Gasteiger partial charge in [0.05, 0.1) is 0 Å². The smallest absolute Gasteiger partial charge is 0.251 e. The number of carbonyl (C=O) groups excluding carboxylic acids is 1. The molecule has 0 atom stereocenters. The van der Waals surface area contributed by atoms with E-state index in [1.165, 1.54) is 0 Å². The second kappa shape index (κ2) is 8.98. The zero-order chi connectivity index (χ0) is 11.8. The molecule has 0 aliphatic rings. The van der Waals surface area contributed by atoms with Gasteiger partial charge in [0.1, 0.15) is 0 Å². The van der Waals surface area contributed by atoms with Crippen molar-refractivity contribution in [2.45, 2.75) is 13.0 Å². The molecule has 0 unspecified atom stereocenters. The summed E-state index contributed by atoms with van der Waals surface area (Å²) in [6.07, 6.45) is 0.823. The summed E-state index contributed by atoms with van der Waals surface area (Å²) in [5.41, 5.74) is 7.16. The monoisotopic (exact) mass is 258 g/mol. The van der Waals surface area contributed by atoms with E-state index in [2.05, 4.69) is 5.32 Å². The molecule has 4 nitrogen and oxygen atoms in total. The molecule has 96 valence electrons. The van der Waals surface area contributed by atoms with Crippen LogP contribution >= 0.6 is 12.4 Å². The zero-order valence-corrected chi connectivity index (χ0v) is 10.8. The van der Waals surface area contributed by atoms with Crippen LogP contribution in [0.2, 0.25) is 0 Å². The third kappa shape index (κ3) is 5.68. The van der Waals surface area contributed by atoms with E-state index in [0.717, 1.165) is 12.0 Å². The Hall–Kier alpha value is -1.10. The summed E-state index contributed by atoms with van der Waals surface area (Å²) in [5.74, 6) is -0.0559. The molecule has 0 aliphatic heterocycles. The zero-order valence-electron chi connectivity index (χ0n) is 9.94. The number of nitrogens with one attached hydrogen (secondary N) is 1. The molecule has 0 aliphatic carbocycles. The largest absolute Gasteiger partial charge is 0.385 e. The highest BCUT2D eigenvalue weighted by atomic mass is 35.5. The van der Waals surface area contributed by atoms with Gasteiger partial charge in [0, 0.05) is 32.4 Å². The molecule has 1 aromatic carbocycles. The number of rotatable bonds is 6. The molecule has 0 heterocycles. The van der Waals surface area contributed by atoms with E-state index in [1.54, 1.807) is 19.2 Å². The van der Waals surface area contributed by atoms with E-state index in [-0.39, 0.29) is 18.3 Å². The summed E-state index contributed by atoms with van der Waals surface area (Å²) < 4.78 is 4.89. The second-order valence-electron chi connectivity index (χ2n) is 3.50. The van der Waals surface area contributed by atoms with Crippen molar-refractivity contribution in [2.24, 2.45) is 5.73 Å². The van der Waals surface area contributed by atoms with E-state index in [0.29, 0.717) is 25.3 Å². The Kier molecular flexibility index (Phi) is 8.40. The number of benzene rings is 1. The van der Waals surface area contributed by atoms with Gasteiger partial charge in [-0.1, -0.05) is 12.1 Å². The van der Waals surface area contributed by atoms with Crippen LogP contribution in [0.5, 0.6) is 0 Å². The molecule has 5 heteroatoms. The van der Waals surface area contributed by atoms with Crippen molar-refractivity contribution in [1.29, 1.82) is 0 Å². The summed E-state index contributed by atoms with van der Waals surface area (Å²) in [7, 11) is 1.65. The van der Waals surface area contributed by atoms with E-state index in [1.807, 2.05) is 12.1 Å². The number of hydrogen-bond acceptors (Lipinski definition) is 3. The lowest BCUT2D eigenvalue weighted by Gasteiger charge is -2.05. The SMILES string of the molecule is COCCCNC(=O)c1ccc(CN)cc1.Cl. The lowest BCUT2D eigenvalue weighted by molar-refractivity contribution is 0.0948. The van der Waals surface area contributed by atoms with Crippen molar-refractivity contribution in [3.8, 4) is 0 Å². The molecule has 3 N–H and O–H groups in total. The van der Waals surface area contributed by atoms with Crippen molar-refractivity contribution in [2.75, 3.05) is 20.3 Å². The van der Waals surface area contributed by atoms with Gasteiger partial charge < -0.3 is 15.8 Å². The first-order valence-electron chi connectivity index (χ1n) is 5.34. The van der Waals surface area contributed by atoms with Crippen molar-refractivity contribution < 1.29 is 9.53 Å². The molecule has 0 saturated heterocycles. The van der Waals surface area contributed by atoms with Crippen LogP contribution < -0.4 is 11.1 Å². The Morgan fingerprint density at radius 3 is 2.53 bits per heavy atom. The quantitative estimate of drug-likeness (QED) is 0.757. The van der Waals surface area contributed by atoms with Crippen LogP contribution in [0.4, 0.5) is 0 Å². The van der Waals surface area contributed by atoms with Gasteiger partial charge in [0.2, 0.25) is 0 Å². The molecule has 0 saturated carbocycles. The Morgan fingerprint density at radius 1 is 1.35 bits per heavy atom. The van der Waals surface area contributed by atoms with Gasteiger partial charge in [-0.25, -0.2) is 0 Å². The fourth-order valence-corrected chi connectivity index (χ4v) is 1.31. The minimum atomic E-state index is -0.0559. The summed E-state index contributed by atoms with van der Waals surface area (Å²) in [5, 5.41) is 2.82. The average Bonchev–Trinajstić information content (AvgIpc) is 2.34. The molecule has 0 radical (unpaired) electrons. The van der Waals surface area contributed by atoms with Crippen LogP contribution in [-0.2, 0) is 11.3 Å². The maximum absolute atomic E-state index is 11.6. The predicted octanol–water partition coefficient (Wildman–Crippen LogP) is 1.33. The minimum Gasteiger partial charge on any atom is -0.385 e. The van der Waals surface area contributed by atoms with Gasteiger partial charge in [0.25, 0.3) is 5.91 Å². The number of amides is 1. The molecule has 1 amide bonds. The summed E-state index contributed by atoms with van der Waals surface area (Å²) in [4.78, 5) is 11.6. The molecule has 17 heavy (non-hydrogen) atoms. The molecule has 1 aromatic rings. The van der Waals surface area contributed by atoms with Crippen LogP contribution in [0.15, 0.2) is 24.3 Å². The molecule has 0 bridgehead atoms. The highest BCUT2D eigenvalue weighted by Crippen LogP contribution is 2.03. The number of nitrogens with two attached hydrogens (primary N) is 1. The molecule has 0 spiro atoms. The molecule has 0 aromatic heterocycles. The summed E-state index contributed by atoms with van der Waals surface area (Å²) in [6, 6.07) is 7.30. The maximum atomic E-state index is 11.6. The third-order valence-electron chi connectivity index (χ3n) is 2.26. The average molecular weight is 259 g/mol.